The summed E-state index contributed by atoms with van der Waals surface area (Å²) in [7, 11) is 0. The second-order valence-corrected chi connectivity index (χ2v) is 3.68. The van der Waals surface area contributed by atoms with Crippen molar-refractivity contribution in [2.45, 2.75) is 19.4 Å². The molecule has 1 rings (SSSR count). The van der Waals surface area contributed by atoms with E-state index in [1.54, 1.807) is 0 Å². The number of nitrogens with one attached hydrogen (secondary N) is 1. The Morgan fingerprint density at radius 2 is 2.17 bits per heavy atom. The van der Waals surface area contributed by atoms with Crippen molar-refractivity contribution in [3.05, 3.63) is 34.3 Å². The van der Waals surface area contributed by atoms with Gasteiger partial charge in [0, 0.05) is 10.5 Å². The monoisotopic (exact) mass is 229 g/mol. The highest BCUT2D eigenvalue weighted by Gasteiger charge is 2.03. The summed E-state index contributed by atoms with van der Waals surface area (Å²) < 4.78 is 1.09. The minimum atomic E-state index is 0.0868. The minimum absolute atomic E-state index is 0.0868. The third-order valence-corrected chi connectivity index (χ3v) is 2.48. The predicted molar refractivity (Wildman–Crippen MR) is 52.2 cm³/mol. The normalized spacial score (nSPS) is 12.9. The first-order valence-corrected chi connectivity index (χ1v) is 4.66. The molecule has 0 aliphatic carbocycles. The van der Waals surface area contributed by atoms with E-state index in [9.17, 15) is 0 Å². The SMILES string of the molecule is C[C@@H](Cc1ccccc1Br)NO. The molecule has 0 aromatic heterocycles. The lowest BCUT2D eigenvalue weighted by molar-refractivity contribution is 0.133. The lowest BCUT2D eigenvalue weighted by atomic mass is 10.1. The van der Waals surface area contributed by atoms with Gasteiger partial charge < -0.3 is 5.21 Å². The summed E-state index contributed by atoms with van der Waals surface area (Å²) in [6, 6.07) is 8.09. The average Bonchev–Trinajstić information content (AvgIpc) is 2.09. The average molecular weight is 230 g/mol. The van der Waals surface area contributed by atoms with E-state index in [-0.39, 0.29) is 6.04 Å². The molecule has 0 radical (unpaired) electrons. The minimum Gasteiger partial charge on any atom is -0.317 e. The maximum absolute atomic E-state index is 8.62. The smallest absolute Gasteiger partial charge is 0.0332 e. The Morgan fingerprint density at radius 3 is 2.75 bits per heavy atom. The van der Waals surface area contributed by atoms with Crippen molar-refractivity contribution in [1.82, 2.24) is 5.48 Å². The van der Waals surface area contributed by atoms with Gasteiger partial charge in [-0.1, -0.05) is 34.1 Å². The van der Waals surface area contributed by atoms with Crippen molar-refractivity contribution >= 4 is 15.9 Å². The topological polar surface area (TPSA) is 32.3 Å². The van der Waals surface area contributed by atoms with E-state index in [0.29, 0.717) is 0 Å². The molecule has 0 bridgehead atoms. The zero-order valence-corrected chi connectivity index (χ0v) is 8.51. The molecule has 1 aromatic rings. The van der Waals surface area contributed by atoms with Crippen molar-refractivity contribution in [3.63, 3.8) is 0 Å². The Morgan fingerprint density at radius 1 is 1.50 bits per heavy atom. The lowest BCUT2D eigenvalue weighted by Gasteiger charge is -2.09. The van der Waals surface area contributed by atoms with E-state index in [2.05, 4.69) is 21.4 Å². The standard InChI is InChI=1S/C9H12BrNO/c1-7(11-12)6-8-4-2-3-5-9(8)10/h2-5,7,11-12H,6H2,1H3/t7-/m0/s1. The first kappa shape index (κ1) is 9.71. The van der Waals surface area contributed by atoms with Gasteiger partial charge in [0.1, 0.15) is 0 Å². The van der Waals surface area contributed by atoms with Crippen LogP contribution in [0.2, 0.25) is 0 Å². The number of hydroxylamine groups is 1. The third kappa shape index (κ3) is 2.59. The van der Waals surface area contributed by atoms with Crippen molar-refractivity contribution in [2.24, 2.45) is 0 Å². The van der Waals surface area contributed by atoms with Gasteiger partial charge in [0.25, 0.3) is 0 Å². The molecule has 0 saturated heterocycles. The first-order chi connectivity index (χ1) is 5.74. The van der Waals surface area contributed by atoms with Gasteiger partial charge in [0.2, 0.25) is 0 Å². The van der Waals surface area contributed by atoms with Gasteiger partial charge >= 0.3 is 0 Å². The first-order valence-electron chi connectivity index (χ1n) is 3.87. The Balaban J connectivity index is 2.69. The van der Waals surface area contributed by atoms with Crippen LogP contribution in [0.5, 0.6) is 0 Å². The zero-order chi connectivity index (χ0) is 8.97. The highest BCUT2D eigenvalue weighted by atomic mass is 79.9. The molecule has 0 saturated carbocycles. The quantitative estimate of drug-likeness (QED) is 0.781. The largest absolute Gasteiger partial charge is 0.317 e. The van der Waals surface area contributed by atoms with Crippen LogP contribution in [0.3, 0.4) is 0 Å². The lowest BCUT2D eigenvalue weighted by Crippen LogP contribution is -2.24. The number of halogens is 1. The van der Waals surface area contributed by atoms with Crippen molar-refractivity contribution in [3.8, 4) is 0 Å². The molecule has 1 aromatic carbocycles. The van der Waals surface area contributed by atoms with Gasteiger partial charge in [-0.2, -0.15) is 0 Å². The zero-order valence-electron chi connectivity index (χ0n) is 6.92. The molecule has 0 aliphatic heterocycles. The molecule has 1 atom stereocenters. The third-order valence-electron chi connectivity index (χ3n) is 1.70. The van der Waals surface area contributed by atoms with Crippen LogP contribution < -0.4 is 5.48 Å². The summed E-state index contributed by atoms with van der Waals surface area (Å²) in [6.45, 7) is 1.93. The van der Waals surface area contributed by atoms with E-state index in [4.69, 9.17) is 5.21 Å². The molecule has 0 unspecified atom stereocenters. The van der Waals surface area contributed by atoms with Gasteiger partial charge in [0.05, 0.1) is 0 Å². The number of rotatable bonds is 3. The summed E-state index contributed by atoms with van der Waals surface area (Å²) in [4.78, 5) is 0. The second-order valence-electron chi connectivity index (χ2n) is 2.83. The molecular weight excluding hydrogens is 218 g/mol. The Hall–Kier alpha value is -0.380. The van der Waals surface area contributed by atoms with Crippen LogP contribution in [0.25, 0.3) is 0 Å². The summed E-state index contributed by atoms with van der Waals surface area (Å²) >= 11 is 3.44. The van der Waals surface area contributed by atoms with E-state index in [1.165, 1.54) is 5.56 Å². The maximum Gasteiger partial charge on any atom is 0.0332 e. The van der Waals surface area contributed by atoms with E-state index in [0.717, 1.165) is 10.9 Å². The van der Waals surface area contributed by atoms with Gasteiger partial charge in [0.15, 0.2) is 0 Å². The van der Waals surface area contributed by atoms with Crippen LogP contribution in [0.15, 0.2) is 28.7 Å². The predicted octanol–water partition coefficient (Wildman–Crippen LogP) is 2.36. The maximum atomic E-state index is 8.62. The number of hydrogen-bond donors (Lipinski definition) is 2. The molecule has 2 N–H and O–H groups in total. The molecule has 0 heterocycles. The van der Waals surface area contributed by atoms with E-state index < -0.39 is 0 Å². The van der Waals surface area contributed by atoms with Crippen LogP contribution in [0.1, 0.15) is 12.5 Å². The van der Waals surface area contributed by atoms with Crippen LogP contribution in [-0.2, 0) is 6.42 Å². The fourth-order valence-electron chi connectivity index (χ4n) is 1.04. The van der Waals surface area contributed by atoms with Crippen molar-refractivity contribution in [2.75, 3.05) is 0 Å². The van der Waals surface area contributed by atoms with Crippen LogP contribution in [0.4, 0.5) is 0 Å². The molecule has 0 amide bonds. The molecule has 0 fully saturated rings. The van der Waals surface area contributed by atoms with Gasteiger partial charge in [-0.25, -0.2) is 5.48 Å². The van der Waals surface area contributed by atoms with Crippen molar-refractivity contribution < 1.29 is 5.21 Å². The van der Waals surface area contributed by atoms with Gasteiger partial charge in [-0.3, -0.25) is 0 Å². The van der Waals surface area contributed by atoms with Gasteiger partial charge in [-0.05, 0) is 25.0 Å². The Labute approximate surface area is 80.7 Å². The van der Waals surface area contributed by atoms with Crippen LogP contribution in [-0.4, -0.2) is 11.2 Å². The Kier molecular flexibility index (Phi) is 3.72. The summed E-state index contributed by atoms with van der Waals surface area (Å²) in [5.41, 5.74) is 3.42. The van der Waals surface area contributed by atoms with E-state index >= 15 is 0 Å². The van der Waals surface area contributed by atoms with Gasteiger partial charge in [-0.15, -0.1) is 0 Å². The second kappa shape index (κ2) is 4.60. The fraction of sp³-hybridized carbons (Fsp3) is 0.333. The molecule has 2 nitrogen and oxygen atoms in total. The highest BCUT2D eigenvalue weighted by molar-refractivity contribution is 9.10. The van der Waals surface area contributed by atoms with Crippen molar-refractivity contribution in [1.29, 1.82) is 0 Å². The summed E-state index contributed by atoms with van der Waals surface area (Å²) in [5, 5.41) is 8.62. The van der Waals surface area contributed by atoms with E-state index in [1.807, 2.05) is 31.2 Å². The fourth-order valence-corrected chi connectivity index (χ4v) is 1.49. The van der Waals surface area contributed by atoms with Crippen LogP contribution in [0, 0.1) is 0 Å². The molecule has 0 aliphatic rings. The number of benzene rings is 1. The molecule has 12 heavy (non-hydrogen) atoms. The molecule has 3 heteroatoms. The summed E-state index contributed by atoms with van der Waals surface area (Å²) in [6.07, 6.45) is 0.817. The molecule has 0 spiro atoms. The summed E-state index contributed by atoms with van der Waals surface area (Å²) in [5.74, 6) is 0. The Bertz CT molecular complexity index is 252. The van der Waals surface area contributed by atoms with Crippen LogP contribution >= 0.6 is 15.9 Å². The number of hydrogen-bond acceptors (Lipinski definition) is 2. The molecule has 66 valence electrons. The molecular formula is C9H12BrNO. The highest BCUT2D eigenvalue weighted by Crippen LogP contribution is 2.17.